The van der Waals surface area contributed by atoms with Crippen molar-refractivity contribution >= 4 is 0 Å². The zero-order valence-corrected chi connectivity index (χ0v) is 11.2. The highest BCUT2D eigenvalue weighted by Gasteiger charge is 2.13. The Kier molecular flexibility index (Phi) is 4.60. The third-order valence-corrected chi connectivity index (χ3v) is 2.99. The van der Waals surface area contributed by atoms with Crippen molar-refractivity contribution in [1.82, 2.24) is 5.32 Å². The normalized spacial score (nSPS) is 12.4. The van der Waals surface area contributed by atoms with Crippen LogP contribution in [0.15, 0.2) is 41.2 Å². The summed E-state index contributed by atoms with van der Waals surface area (Å²) in [4.78, 5) is 0. The first-order valence-electron chi connectivity index (χ1n) is 6.25. The quantitative estimate of drug-likeness (QED) is 0.838. The molecule has 2 rings (SSSR count). The van der Waals surface area contributed by atoms with Gasteiger partial charge in [-0.1, -0.05) is 11.6 Å². The van der Waals surface area contributed by atoms with Crippen LogP contribution >= 0.6 is 0 Å². The molecule has 4 nitrogen and oxygen atoms in total. The van der Waals surface area contributed by atoms with Crippen LogP contribution in [0.25, 0.3) is 0 Å². The fourth-order valence-electron chi connectivity index (χ4n) is 1.97. The molecule has 0 amide bonds. The Bertz CT molecular complexity index is 508. The third-order valence-electron chi connectivity index (χ3n) is 2.99. The first-order valence-corrected chi connectivity index (χ1v) is 6.25. The largest absolute Gasteiger partial charge is 0.496 e. The summed E-state index contributed by atoms with van der Waals surface area (Å²) in [6.07, 6.45) is 2.73. The van der Waals surface area contributed by atoms with E-state index in [0.29, 0.717) is 18.8 Å². The van der Waals surface area contributed by atoms with Gasteiger partial charge in [-0.2, -0.15) is 0 Å². The summed E-state index contributed by atoms with van der Waals surface area (Å²) in [5.41, 5.74) is 2.97. The van der Waals surface area contributed by atoms with Gasteiger partial charge in [0.05, 0.1) is 25.7 Å². The van der Waals surface area contributed by atoms with Crippen LogP contribution in [0.1, 0.15) is 22.8 Å². The molecule has 19 heavy (non-hydrogen) atoms. The number of hydrogen-bond donors (Lipinski definition) is 2. The second-order valence-electron chi connectivity index (χ2n) is 4.52. The van der Waals surface area contributed by atoms with Gasteiger partial charge in [-0.05, 0) is 25.1 Å². The van der Waals surface area contributed by atoms with Crippen LogP contribution < -0.4 is 10.1 Å². The van der Waals surface area contributed by atoms with Crippen LogP contribution in [0.2, 0.25) is 0 Å². The van der Waals surface area contributed by atoms with Gasteiger partial charge in [0, 0.05) is 24.2 Å². The molecule has 0 spiro atoms. The molecule has 4 heteroatoms. The van der Waals surface area contributed by atoms with E-state index in [1.54, 1.807) is 19.6 Å². The number of ether oxygens (including phenoxy) is 1. The van der Waals surface area contributed by atoms with Gasteiger partial charge in [-0.3, -0.25) is 0 Å². The Balaban J connectivity index is 1.95. The van der Waals surface area contributed by atoms with Gasteiger partial charge in [0.15, 0.2) is 0 Å². The van der Waals surface area contributed by atoms with E-state index in [2.05, 4.69) is 5.32 Å². The van der Waals surface area contributed by atoms with Crippen molar-refractivity contribution in [3.05, 3.63) is 53.5 Å². The van der Waals surface area contributed by atoms with E-state index < -0.39 is 6.10 Å². The number of nitrogens with one attached hydrogen (secondary N) is 1. The highest BCUT2D eigenvalue weighted by atomic mass is 16.5. The van der Waals surface area contributed by atoms with Crippen molar-refractivity contribution in [2.75, 3.05) is 13.7 Å². The molecule has 1 heterocycles. The lowest BCUT2D eigenvalue weighted by atomic mass is 10.1. The van der Waals surface area contributed by atoms with Crippen molar-refractivity contribution in [2.45, 2.75) is 19.6 Å². The molecule has 0 aliphatic rings. The number of aryl methyl sites for hydroxylation is 1. The van der Waals surface area contributed by atoms with Gasteiger partial charge in [0.2, 0.25) is 0 Å². The molecule has 0 aliphatic carbocycles. The smallest absolute Gasteiger partial charge is 0.124 e. The molecule has 0 saturated heterocycles. The SMILES string of the molecule is COc1ccc(C)cc1C(O)CNCc1ccoc1. The molecule has 0 saturated carbocycles. The van der Waals surface area contributed by atoms with E-state index in [1.807, 2.05) is 31.2 Å². The number of hydrogen-bond acceptors (Lipinski definition) is 4. The van der Waals surface area contributed by atoms with Gasteiger partial charge < -0.3 is 19.6 Å². The Morgan fingerprint density at radius 3 is 2.89 bits per heavy atom. The molecule has 1 atom stereocenters. The fraction of sp³-hybridized carbons (Fsp3) is 0.333. The van der Waals surface area contributed by atoms with Gasteiger partial charge in [0.25, 0.3) is 0 Å². The zero-order chi connectivity index (χ0) is 13.7. The standard InChI is InChI=1S/C15H19NO3/c1-11-3-4-15(18-2)13(7-11)14(17)9-16-8-12-5-6-19-10-12/h3-7,10,14,16-17H,8-9H2,1-2H3. The fourth-order valence-corrected chi connectivity index (χ4v) is 1.97. The molecule has 2 N–H and O–H groups in total. The van der Waals surface area contributed by atoms with E-state index in [9.17, 15) is 5.11 Å². The minimum atomic E-state index is -0.596. The van der Waals surface area contributed by atoms with Crippen molar-refractivity contribution in [3.8, 4) is 5.75 Å². The molecule has 1 unspecified atom stereocenters. The molecule has 1 aromatic heterocycles. The van der Waals surface area contributed by atoms with Crippen molar-refractivity contribution < 1.29 is 14.3 Å². The van der Waals surface area contributed by atoms with Crippen LogP contribution in [-0.4, -0.2) is 18.8 Å². The highest BCUT2D eigenvalue weighted by molar-refractivity contribution is 5.38. The summed E-state index contributed by atoms with van der Waals surface area (Å²) in [7, 11) is 1.61. The number of benzene rings is 1. The Labute approximate surface area is 113 Å². The summed E-state index contributed by atoms with van der Waals surface area (Å²) in [6, 6.07) is 7.69. The first kappa shape index (κ1) is 13.6. The van der Waals surface area contributed by atoms with Crippen LogP contribution in [0.5, 0.6) is 5.75 Å². The van der Waals surface area contributed by atoms with Gasteiger partial charge in [-0.25, -0.2) is 0 Å². The Morgan fingerprint density at radius 1 is 1.37 bits per heavy atom. The summed E-state index contributed by atoms with van der Waals surface area (Å²) in [6.45, 7) is 3.13. The minimum Gasteiger partial charge on any atom is -0.496 e. The maximum absolute atomic E-state index is 10.2. The average Bonchev–Trinajstić information content (AvgIpc) is 2.91. The number of rotatable bonds is 6. The summed E-state index contributed by atoms with van der Waals surface area (Å²) in [5.74, 6) is 0.711. The van der Waals surface area contributed by atoms with E-state index in [0.717, 1.165) is 16.7 Å². The molecular weight excluding hydrogens is 242 g/mol. The molecule has 0 fully saturated rings. The second kappa shape index (κ2) is 6.41. The lowest BCUT2D eigenvalue weighted by Crippen LogP contribution is -2.21. The second-order valence-corrected chi connectivity index (χ2v) is 4.52. The predicted molar refractivity (Wildman–Crippen MR) is 73.1 cm³/mol. The lowest BCUT2D eigenvalue weighted by molar-refractivity contribution is 0.170. The van der Waals surface area contributed by atoms with E-state index in [4.69, 9.17) is 9.15 Å². The topological polar surface area (TPSA) is 54.6 Å². The predicted octanol–water partition coefficient (Wildman–Crippen LogP) is 2.42. The minimum absolute atomic E-state index is 0.463. The van der Waals surface area contributed by atoms with Crippen molar-refractivity contribution in [1.29, 1.82) is 0 Å². The van der Waals surface area contributed by atoms with Crippen LogP contribution in [-0.2, 0) is 6.54 Å². The van der Waals surface area contributed by atoms with Crippen LogP contribution in [0.4, 0.5) is 0 Å². The number of aliphatic hydroxyl groups excluding tert-OH is 1. The molecule has 2 aromatic rings. The van der Waals surface area contributed by atoms with Gasteiger partial charge in [-0.15, -0.1) is 0 Å². The molecule has 0 aliphatic heterocycles. The van der Waals surface area contributed by atoms with Crippen molar-refractivity contribution in [2.24, 2.45) is 0 Å². The van der Waals surface area contributed by atoms with E-state index in [-0.39, 0.29) is 0 Å². The number of furan rings is 1. The van der Waals surface area contributed by atoms with E-state index >= 15 is 0 Å². The van der Waals surface area contributed by atoms with Gasteiger partial charge in [0.1, 0.15) is 5.75 Å². The van der Waals surface area contributed by atoms with Crippen LogP contribution in [0.3, 0.4) is 0 Å². The van der Waals surface area contributed by atoms with Gasteiger partial charge >= 0.3 is 0 Å². The first-order chi connectivity index (χ1) is 9.20. The average molecular weight is 261 g/mol. The molecule has 102 valence electrons. The number of methoxy groups -OCH3 is 1. The van der Waals surface area contributed by atoms with Crippen molar-refractivity contribution in [3.63, 3.8) is 0 Å². The Morgan fingerprint density at radius 2 is 2.21 bits per heavy atom. The summed E-state index contributed by atoms with van der Waals surface area (Å²) in [5, 5.41) is 13.4. The maximum atomic E-state index is 10.2. The monoisotopic (exact) mass is 261 g/mol. The maximum Gasteiger partial charge on any atom is 0.124 e. The Hall–Kier alpha value is -1.78. The molecular formula is C15H19NO3. The third kappa shape index (κ3) is 3.59. The van der Waals surface area contributed by atoms with E-state index in [1.165, 1.54) is 0 Å². The lowest BCUT2D eigenvalue weighted by Gasteiger charge is -2.16. The molecule has 0 bridgehead atoms. The number of aliphatic hydroxyl groups is 1. The zero-order valence-electron chi connectivity index (χ0n) is 11.2. The highest BCUT2D eigenvalue weighted by Crippen LogP contribution is 2.25. The van der Waals surface area contributed by atoms with Crippen LogP contribution in [0, 0.1) is 6.92 Å². The summed E-state index contributed by atoms with van der Waals surface area (Å²) < 4.78 is 10.3. The molecule has 1 aromatic carbocycles. The summed E-state index contributed by atoms with van der Waals surface area (Å²) >= 11 is 0. The molecule has 0 radical (unpaired) electrons.